The molecule has 2 atom stereocenters. The Morgan fingerprint density at radius 1 is 0.862 bits per heavy atom. The lowest BCUT2D eigenvalue weighted by atomic mass is 9.79. The number of rotatable bonds is 6. The summed E-state index contributed by atoms with van der Waals surface area (Å²) in [5.74, 6) is -0.343. The van der Waals surface area contributed by atoms with Crippen LogP contribution in [0.5, 0.6) is 0 Å². The van der Waals surface area contributed by atoms with Gasteiger partial charge in [0.05, 0.1) is 11.8 Å². The van der Waals surface area contributed by atoms with E-state index in [1.165, 1.54) is 56.3 Å². The van der Waals surface area contributed by atoms with Gasteiger partial charge in [-0.05, 0) is 51.6 Å². The molecule has 0 aromatic rings. The third-order valence-corrected chi connectivity index (χ3v) is 7.92. The predicted molar refractivity (Wildman–Crippen MR) is 111 cm³/mol. The molecule has 2 saturated heterocycles. The van der Waals surface area contributed by atoms with Gasteiger partial charge in [-0.25, -0.2) is 0 Å². The van der Waals surface area contributed by atoms with E-state index in [-0.39, 0.29) is 48.1 Å². The average molecular weight is 404 g/mol. The Balaban J connectivity index is 1.29. The van der Waals surface area contributed by atoms with Gasteiger partial charge in [0.25, 0.3) is 0 Å². The van der Waals surface area contributed by atoms with E-state index in [1.54, 1.807) is 0 Å². The Bertz CT molecular complexity index is 599. The molecule has 3 amide bonds. The summed E-state index contributed by atoms with van der Waals surface area (Å²) in [7, 11) is 0. The third-order valence-electron chi connectivity index (χ3n) is 7.92. The molecule has 4 fully saturated rings. The van der Waals surface area contributed by atoms with E-state index in [2.05, 4.69) is 10.2 Å². The van der Waals surface area contributed by atoms with Gasteiger partial charge in [-0.1, -0.05) is 38.5 Å². The number of nitrogens with one attached hydrogen (secondary N) is 1. The lowest BCUT2D eigenvalue weighted by Crippen LogP contribution is -2.58. The molecule has 162 valence electrons. The maximum absolute atomic E-state index is 12.6. The number of carbonyl (C=O) groups excluding carboxylic acids is 3. The van der Waals surface area contributed by atoms with Gasteiger partial charge in [0.1, 0.15) is 0 Å². The van der Waals surface area contributed by atoms with Crippen LogP contribution in [-0.4, -0.2) is 59.2 Å². The summed E-state index contributed by atoms with van der Waals surface area (Å²) in [6.45, 7) is 3.25. The molecule has 2 aliphatic heterocycles. The number of amides is 3. The monoisotopic (exact) mass is 403 g/mol. The fraction of sp³-hybridized carbons (Fsp3) is 0.870. The van der Waals surface area contributed by atoms with Crippen molar-refractivity contribution in [1.29, 1.82) is 0 Å². The summed E-state index contributed by atoms with van der Waals surface area (Å²) in [4.78, 5) is 41.8. The molecule has 2 aliphatic carbocycles. The third kappa shape index (κ3) is 4.37. The SMILES string of the molecule is O=C(CCN1C(=O)C2CCCCC2C1=O)NCC1(N2CCCCC2)CCCCC1. The Kier molecular flexibility index (Phi) is 6.57. The van der Waals surface area contributed by atoms with Gasteiger partial charge >= 0.3 is 0 Å². The number of imide groups is 1. The molecular weight excluding hydrogens is 366 g/mol. The van der Waals surface area contributed by atoms with Gasteiger partial charge in [-0.15, -0.1) is 0 Å². The molecule has 4 aliphatic rings. The zero-order chi connectivity index (χ0) is 20.3. The Morgan fingerprint density at radius 3 is 2.07 bits per heavy atom. The summed E-state index contributed by atoms with van der Waals surface area (Å²) >= 11 is 0. The van der Waals surface area contributed by atoms with E-state index < -0.39 is 0 Å². The van der Waals surface area contributed by atoms with Crippen LogP contribution < -0.4 is 5.32 Å². The van der Waals surface area contributed by atoms with Crippen molar-refractivity contribution in [3.8, 4) is 0 Å². The fourth-order valence-corrected chi connectivity index (χ4v) is 6.20. The van der Waals surface area contributed by atoms with E-state index in [0.29, 0.717) is 6.54 Å². The standard InChI is InChI=1S/C23H37N3O3/c27-20(11-16-26-21(28)18-9-3-4-10-19(18)22(26)29)24-17-23(12-5-1-6-13-23)25-14-7-2-8-15-25/h18-19H,1-17H2,(H,24,27). The van der Waals surface area contributed by atoms with Crippen LogP contribution in [0.25, 0.3) is 0 Å². The molecule has 0 bridgehead atoms. The number of hydrogen-bond donors (Lipinski definition) is 1. The van der Waals surface area contributed by atoms with Crippen molar-refractivity contribution in [3.63, 3.8) is 0 Å². The number of fused-ring (bicyclic) bond motifs is 1. The first-order chi connectivity index (χ1) is 14.1. The highest BCUT2D eigenvalue weighted by Gasteiger charge is 2.48. The van der Waals surface area contributed by atoms with Crippen molar-refractivity contribution < 1.29 is 14.4 Å². The van der Waals surface area contributed by atoms with E-state index >= 15 is 0 Å². The first-order valence-corrected chi connectivity index (χ1v) is 12.0. The van der Waals surface area contributed by atoms with Crippen LogP contribution in [0.3, 0.4) is 0 Å². The largest absolute Gasteiger partial charge is 0.354 e. The van der Waals surface area contributed by atoms with E-state index in [4.69, 9.17) is 0 Å². The van der Waals surface area contributed by atoms with Gasteiger partial charge in [0, 0.05) is 25.0 Å². The summed E-state index contributed by atoms with van der Waals surface area (Å²) in [6, 6.07) is 0. The predicted octanol–water partition coefficient (Wildman–Crippen LogP) is 2.86. The molecule has 0 spiro atoms. The lowest BCUT2D eigenvalue weighted by molar-refractivity contribution is -0.140. The normalized spacial score (nSPS) is 30.3. The number of carbonyl (C=O) groups is 3. The first-order valence-electron chi connectivity index (χ1n) is 12.0. The van der Waals surface area contributed by atoms with Crippen LogP contribution >= 0.6 is 0 Å². The van der Waals surface area contributed by atoms with Crippen molar-refractivity contribution in [2.45, 2.75) is 89.0 Å². The second-order valence-corrected chi connectivity index (χ2v) is 9.68. The van der Waals surface area contributed by atoms with Crippen LogP contribution in [0.4, 0.5) is 0 Å². The second kappa shape index (κ2) is 9.15. The maximum Gasteiger partial charge on any atom is 0.233 e. The lowest BCUT2D eigenvalue weighted by Gasteiger charge is -2.48. The highest BCUT2D eigenvalue weighted by atomic mass is 16.2. The zero-order valence-electron chi connectivity index (χ0n) is 17.8. The van der Waals surface area contributed by atoms with Crippen LogP contribution in [0.15, 0.2) is 0 Å². The molecule has 0 aromatic carbocycles. The van der Waals surface area contributed by atoms with E-state index in [0.717, 1.165) is 38.8 Å². The average Bonchev–Trinajstić information content (AvgIpc) is 3.02. The highest BCUT2D eigenvalue weighted by molar-refractivity contribution is 6.05. The van der Waals surface area contributed by atoms with Gasteiger partial charge in [-0.2, -0.15) is 0 Å². The van der Waals surface area contributed by atoms with Crippen LogP contribution in [0.2, 0.25) is 0 Å². The maximum atomic E-state index is 12.6. The van der Waals surface area contributed by atoms with E-state index in [1.807, 2.05) is 0 Å². The second-order valence-electron chi connectivity index (χ2n) is 9.68. The smallest absolute Gasteiger partial charge is 0.233 e. The van der Waals surface area contributed by atoms with Crippen molar-refractivity contribution in [3.05, 3.63) is 0 Å². The summed E-state index contributed by atoms with van der Waals surface area (Å²) in [5.41, 5.74) is 0.114. The van der Waals surface area contributed by atoms with Crippen molar-refractivity contribution in [2.24, 2.45) is 11.8 Å². The molecule has 0 aromatic heterocycles. The number of likely N-dealkylation sites (tertiary alicyclic amines) is 2. The molecule has 6 nitrogen and oxygen atoms in total. The highest BCUT2D eigenvalue weighted by Crippen LogP contribution is 2.38. The van der Waals surface area contributed by atoms with E-state index in [9.17, 15) is 14.4 Å². The Hall–Kier alpha value is -1.43. The minimum Gasteiger partial charge on any atom is -0.354 e. The van der Waals surface area contributed by atoms with Gasteiger partial charge in [0.2, 0.25) is 17.7 Å². The molecule has 2 saturated carbocycles. The molecule has 0 radical (unpaired) electrons. The zero-order valence-corrected chi connectivity index (χ0v) is 17.8. The molecular formula is C23H37N3O3. The van der Waals surface area contributed by atoms with Crippen molar-refractivity contribution in [2.75, 3.05) is 26.2 Å². The summed E-state index contributed by atoms with van der Waals surface area (Å²) in [6.07, 6.45) is 13.9. The fourth-order valence-electron chi connectivity index (χ4n) is 6.20. The van der Waals surface area contributed by atoms with Crippen LogP contribution in [0.1, 0.15) is 83.5 Å². The Morgan fingerprint density at radius 2 is 1.45 bits per heavy atom. The molecule has 2 unspecified atom stereocenters. The van der Waals surface area contributed by atoms with Gasteiger partial charge in [-0.3, -0.25) is 24.2 Å². The number of hydrogen-bond acceptors (Lipinski definition) is 4. The first kappa shape index (κ1) is 20.8. The topological polar surface area (TPSA) is 69.7 Å². The summed E-state index contributed by atoms with van der Waals surface area (Å²) in [5, 5.41) is 3.18. The number of nitrogens with zero attached hydrogens (tertiary/aromatic N) is 2. The van der Waals surface area contributed by atoms with Gasteiger partial charge in [0.15, 0.2) is 0 Å². The minimum absolute atomic E-state index is 0.0255. The minimum atomic E-state index is -0.121. The quantitative estimate of drug-likeness (QED) is 0.693. The molecule has 1 N–H and O–H groups in total. The molecule has 2 heterocycles. The van der Waals surface area contributed by atoms with Crippen LogP contribution in [-0.2, 0) is 14.4 Å². The van der Waals surface area contributed by atoms with Gasteiger partial charge < -0.3 is 5.32 Å². The van der Waals surface area contributed by atoms with Crippen LogP contribution in [0, 0.1) is 11.8 Å². The summed E-state index contributed by atoms with van der Waals surface area (Å²) < 4.78 is 0. The van der Waals surface area contributed by atoms with Crippen molar-refractivity contribution in [1.82, 2.24) is 15.1 Å². The molecule has 6 heteroatoms. The number of piperidine rings is 1. The van der Waals surface area contributed by atoms with Crippen molar-refractivity contribution >= 4 is 17.7 Å². The molecule has 4 rings (SSSR count). The Labute approximate surface area is 174 Å². The molecule has 29 heavy (non-hydrogen) atoms.